The molecule has 0 aromatic heterocycles. The molecule has 1 heterocycles. The van der Waals surface area contributed by atoms with Gasteiger partial charge in [-0.3, -0.25) is 10.1 Å². The van der Waals surface area contributed by atoms with Crippen molar-refractivity contribution in [1.82, 2.24) is 5.32 Å². The minimum atomic E-state index is -0.767. The molecular weight excluding hydrogens is 368 g/mol. The Morgan fingerprint density at radius 1 is 1.00 bits per heavy atom. The van der Waals surface area contributed by atoms with Crippen LogP contribution in [-0.4, -0.2) is 44.8 Å². The Hall–Kier alpha value is -3.75. The highest BCUT2D eigenvalue weighted by Gasteiger charge is 2.17. The van der Waals surface area contributed by atoms with Crippen molar-refractivity contribution < 1.29 is 33.3 Å². The molecule has 9 heteroatoms. The van der Waals surface area contributed by atoms with Crippen molar-refractivity contribution >= 4 is 23.6 Å². The van der Waals surface area contributed by atoms with Crippen LogP contribution < -0.4 is 24.8 Å². The smallest absolute Gasteiger partial charge is 0.338 e. The zero-order chi connectivity index (χ0) is 19.9. The summed E-state index contributed by atoms with van der Waals surface area (Å²) in [5.41, 5.74) is 0.680. The molecule has 0 saturated carbocycles. The molecule has 3 rings (SSSR count). The Bertz CT molecular complexity index is 880. The number of imide groups is 1. The first-order valence-electron chi connectivity index (χ1n) is 8.37. The number of ether oxygens (including phenoxy) is 4. The van der Waals surface area contributed by atoms with E-state index in [1.807, 2.05) is 0 Å². The third-order valence-electron chi connectivity index (χ3n) is 3.71. The second kappa shape index (κ2) is 8.76. The fourth-order valence-electron chi connectivity index (χ4n) is 2.38. The van der Waals surface area contributed by atoms with Gasteiger partial charge in [-0.05, 0) is 42.5 Å². The average Bonchev–Trinajstić information content (AvgIpc) is 2.72. The van der Waals surface area contributed by atoms with E-state index in [1.165, 1.54) is 19.2 Å². The third kappa shape index (κ3) is 4.91. The van der Waals surface area contributed by atoms with E-state index in [2.05, 4.69) is 10.6 Å². The van der Waals surface area contributed by atoms with Crippen LogP contribution >= 0.6 is 0 Å². The van der Waals surface area contributed by atoms with E-state index in [1.54, 1.807) is 30.3 Å². The van der Waals surface area contributed by atoms with Crippen LogP contribution in [0.15, 0.2) is 42.5 Å². The van der Waals surface area contributed by atoms with Gasteiger partial charge in [0.05, 0.1) is 12.7 Å². The van der Waals surface area contributed by atoms with Gasteiger partial charge in [-0.2, -0.15) is 0 Å². The van der Waals surface area contributed by atoms with E-state index < -0.39 is 24.5 Å². The number of amides is 3. The van der Waals surface area contributed by atoms with Gasteiger partial charge in [-0.1, -0.05) is 0 Å². The number of nitrogens with one attached hydrogen (secondary N) is 2. The molecule has 1 aliphatic heterocycles. The van der Waals surface area contributed by atoms with Crippen molar-refractivity contribution in [3.05, 3.63) is 48.0 Å². The molecule has 1 aliphatic rings. The fraction of sp³-hybridized carbons (Fsp3) is 0.211. The van der Waals surface area contributed by atoms with E-state index in [0.29, 0.717) is 36.1 Å². The number of esters is 1. The van der Waals surface area contributed by atoms with Crippen LogP contribution in [0.4, 0.5) is 10.5 Å². The summed E-state index contributed by atoms with van der Waals surface area (Å²) >= 11 is 0. The van der Waals surface area contributed by atoms with Crippen molar-refractivity contribution in [2.45, 2.75) is 0 Å². The number of benzene rings is 2. The molecule has 3 amide bonds. The van der Waals surface area contributed by atoms with Gasteiger partial charge in [0.25, 0.3) is 5.91 Å². The second-order valence-electron chi connectivity index (χ2n) is 5.67. The number of rotatable bonds is 5. The van der Waals surface area contributed by atoms with Gasteiger partial charge in [0, 0.05) is 5.69 Å². The van der Waals surface area contributed by atoms with Crippen LogP contribution in [0, 0.1) is 0 Å². The lowest BCUT2D eigenvalue weighted by molar-refractivity contribution is -0.123. The topological polar surface area (TPSA) is 112 Å². The van der Waals surface area contributed by atoms with E-state index in [0.717, 1.165) is 0 Å². The fourth-order valence-corrected chi connectivity index (χ4v) is 2.38. The van der Waals surface area contributed by atoms with Gasteiger partial charge in [-0.25, -0.2) is 9.59 Å². The van der Waals surface area contributed by atoms with E-state index in [9.17, 15) is 14.4 Å². The van der Waals surface area contributed by atoms with Gasteiger partial charge in [0.2, 0.25) is 0 Å². The maximum Gasteiger partial charge on any atom is 0.338 e. The summed E-state index contributed by atoms with van der Waals surface area (Å²) in [6.07, 6.45) is 0. The summed E-state index contributed by atoms with van der Waals surface area (Å²) < 4.78 is 20.7. The maximum atomic E-state index is 12.1. The average molecular weight is 386 g/mol. The van der Waals surface area contributed by atoms with Crippen LogP contribution in [0.3, 0.4) is 0 Å². The summed E-state index contributed by atoms with van der Waals surface area (Å²) in [6.45, 7) is 0.218. The summed E-state index contributed by atoms with van der Waals surface area (Å²) in [6, 6.07) is 10.4. The molecule has 146 valence electrons. The molecule has 28 heavy (non-hydrogen) atoms. The number of carbonyl (C=O) groups excluding carboxylic acids is 3. The van der Waals surface area contributed by atoms with Crippen LogP contribution in [0.25, 0.3) is 0 Å². The van der Waals surface area contributed by atoms with Gasteiger partial charge in [0.15, 0.2) is 18.1 Å². The molecule has 0 spiro atoms. The Morgan fingerprint density at radius 2 is 1.71 bits per heavy atom. The summed E-state index contributed by atoms with van der Waals surface area (Å²) in [5.74, 6) is 0.118. The quantitative estimate of drug-likeness (QED) is 0.756. The summed E-state index contributed by atoms with van der Waals surface area (Å²) in [4.78, 5) is 35.7. The van der Waals surface area contributed by atoms with Crippen molar-refractivity contribution in [3.8, 4) is 17.2 Å². The number of hydrogen-bond donors (Lipinski definition) is 2. The number of anilines is 1. The Morgan fingerprint density at radius 3 is 2.43 bits per heavy atom. The standard InChI is InChI=1S/C19H18N2O7/c1-25-14-5-3-13(4-6-14)20-19(24)21-17(22)11-28-18(23)12-2-7-15-16(10-12)27-9-8-26-15/h2-7,10H,8-9,11H2,1H3,(H2,20,21,22,24). The molecule has 0 fully saturated rings. The molecule has 2 aromatic rings. The highest BCUT2D eigenvalue weighted by Crippen LogP contribution is 2.30. The van der Waals surface area contributed by atoms with Crippen molar-refractivity contribution in [1.29, 1.82) is 0 Å². The SMILES string of the molecule is COc1ccc(NC(=O)NC(=O)COC(=O)c2ccc3c(c2)OCCO3)cc1. The highest BCUT2D eigenvalue weighted by molar-refractivity contribution is 6.02. The van der Waals surface area contributed by atoms with Crippen molar-refractivity contribution in [3.63, 3.8) is 0 Å². The van der Waals surface area contributed by atoms with Crippen LogP contribution in [-0.2, 0) is 9.53 Å². The van der Waals surface area contributed by atoms with Gasteiger partial charge in [-0.15, -0.1) is 0 Å². The molecule has 2 N–H and O–H groups in total. The molecular formula is C19H18N2O7. The van der Waals surface area contributed by atoms with Crippen LogP contribution in [0.5, 0.6) is 17.2 Å². The lowest BCUT2D eigenvalue weighted by Gasteiger charge is -2.18. The zero-order valence-corrected chi connectivity index (χ0v) is 15.0. The van der Waals surface area contributed by atoms with Gasteiger partial charge in [0.1, 0.15) is 19.0 Å². The van der Waals surface area contributed by atoms with Crippen molar-refractivity contribution in [2.75, 3.05) is 32.2 Å². The number of hydrogen-bond acceptors (Lipinski definition) is 7. The first kappa shape index (κ1) is 19.0. The predicted octanol–water partition coefficient (Wildman–Crippen LogP) is 1.97. The van der Waals surface area contributed by atoms with E-state index >= 15 is 0 Å². The number of urea groups is 1. The van der Waals surface area contributed by atoms with E-state index in [4.69, 9.17) is 18.9 Å². The first-order valence-corrected chi connectivity index (χ1v) is 8.37. The van der Waals surface area contributed by atoms with Gasteiger partial charge >= 0.3 is 12.0 Å². The molecule has 0 bridgehead atoms. The Labute approximate surface area is 160 Å². The minimum absolute atomic E-state index is 0.208. The molecule has 0 atom stereocenters. The lowest BCUT2D eigenvalue weighted by atomic mass is 10.2. The molecule has 0 radical (unpaired) electrons. The molecule has 0 aliphatic carbocycles. The molecule has 0 unspecified atom stereocenters. The molecule has 2 aromatic carbocycles. The second-order valence-corrected chi connectivity index (χ2v) is 5.67. The van der Waals surface area contributed by atoms with E-state index in [-0.39, 0.29) is 5.56 Å². The normalized spacial score (nSPS) is 11.9. The molecule has 9 nitrogen and oxygen atoms in total. The lowest BCUT2D eigenvalue weighted by Crippen LogP contribution is -2.37. The molecule has 0 saturated heterocycles. The number of carbonyl (C=O) groups is 3. The number of fused-ring (bicyclic) bond motifs is 1. The maximum absolute atomic E-state index is 12.1. The largest absolute Gasteiger partial charge is 0.497 e. The third-order valence-corrected chi connectivity index (χ3v) is 3.71. The van der Waals surface area contributed by atoms with Crippen LogP contribution in [0.1, 0.15) is 10.4 Å². The minimum Gasteiger partial charge on any atom is -0.497 e. The summed E-state index contributed by atoms with van der Waals surface area (Å²) in [5, 5.41) is 4.55. The van der Waals surface area contributed by atoms with Gasteiger partial charge < -0.3 is 24.3 Å². The zero-order valence-electron chi connectivity index (χ0n) is 15.0. The number of methoxy groups -OCH3 is 1. The Balaban J connectivity index is 1.46. The Kier molecular flexibility index (Phi) is 5.95. The monoisotopic (exact) mass is 386 g/mol. The predicted molar refractivity (Wildman–Crippen MR) is 97.9 cm³/mol. The first-order chi connectivity index (χ1) is 13.5. The highest BCUT2D eigenvalue weighted by atomic mass is 16.6. The van der Waals surface area contributed by atoms with Crippen molar-refractivity contribution in [2.24, 2.45) is 0 Å². The van der Waals surface area contributed by atoms with Crippen LogP contribution in [0.2, 0.25) is 0 Å². The summed E-state index contributed by atoms with van der Waals surface area (Å²) in [7, 11) is 1.53.